The maximum absolute atomic E-state index is 11.5. The van der Waals surface area contributed by atoms with Gasteiger partial charge >= 0.3 is 6.16 Å². The van der Waals surface area contributed by atoms with Crippen molar-refractivity contribution in [2.75, 3.05) is 7.11 Å². The average Bonchev–Trinajstić information content (AvgIpc) is 2.52. The molecule has 120 valence electrons. The van der Waals surface area contributed by atoms with E-state index in [0.29, 0.717) is 16.3 Å². The summed E-state index contributed by atoms with van der Waals surface area (Å²) in [7, 11) is 1.19. The number of methoxy groups -OCH3 is 1. The van der Waals surface area contributed by atoms with E-state index >= 15 is 0 Å². The summed E-state index contributed by atoms with van der Waals surface area (Å²) in [4.78, 5) is 11.5. The highest BCUT2D eigenvalue weighted by molar-refractivity contribution is 6.42. The Labute approximate surface area is 143 Å². The van der Waals surface area contributed by atoms with Gasteiger partial charge in [0.2, 0.25) is 0 Å². The van der Waals surface area contributed by atoms with Crippen molar-refractivity contribution in [1.82, 2.24) is 5.32 Å². The first-order valence-electron chi connectivity index (χ1n) is 6.48. The molecular formula is C15H13Cl2N3O3. The molecule has 1 aromatic rings. The Kier molecular flexibility index (Phi) is 5.04. The van der Waals surface area contributed by atoms with E-state index < -0.39 is 12.1 Å². The molecule has 1 aromatic carbocycles. The van der Waals surface area contributed by atoms with Crippen molar-refractivity contribution in [3.05, 3.63) is 56.7 Å². The molecule has 0 amide bonds. The van der Waals surface area contributed by atoms with Gasteiger partial charge < -0.3 is 20.5 Å². The highest BCUT2D eigenvalue weighted by Gasteiger charge is 2.34. The molecule has 1 atom stereocenters. The molecule has 1 aliphatic rings. The molecule has 0 fully saturated rings. The van der Waals surface area contributed by atoms with Crippen LogP contribution in [-0.4, -0.2) is 13.3 Å². The van der Waals surface area contributed by atoms with Gasteiger partial charge in [-0.05, 0) is 18.6 Å². The highest BCUT2D eigenvalue weighted by atomic mass is 35.5. The lowest BCUT2D eigenvalue weighted by molar-refractivity contribution is 0.0922. The number of hydrogen-bond acceptors (Lipinski definition) is 6. The number of hydrogen-bond donors (Lipinski definition) is 2. The number of carbonyl (C=O) groups excluding carboxylic acids is 1. The number of carbonyl (C=O) groups is 1. The van der Waals surface area contributed by atoms with Crippen LogP contribution in [0, 0.1) is 11.3 Å². The number of allylic oxidation sites excluding steroid dienone is 2. The van der Waals surface area contributed by atoms with Crippen LogP contribution in [-0.2, 0) is 9.47 Å². The lowest BCUT2D eigenvalue weighted by Crippen LogP contribution is -2.31. The molecule has 0 bridgehead atoms. The van der Waals surface area contributed by atoms with Crippen LogP contribution in [0.1, 0.15) is 18.4 Å². The second-order valence-corrected chi connectivity index (χ2v) is 5.47. The monoisotopic (exact) mass is 353 g/mol. The van der Waals surface area contributed by atoms with Gasteiger partial charge in [-0.25, -0.2) is 4.79 Å². The topological polar surface area (TPSA) is 97.4 Å². The number of rotatable bonds is 2. The Balaban J connectivity index is 2.64. The highest BCUT2D eigenvalue weighted by Crippen LogP contribution is 2.42. The molecule has 2 rings (SSSR count). The van der Waals surface area contributed by atoms with Crippen molar-refractivity contribution in [3.63, 3.8) is 0 Å². The first kappa shape index (κ1) is 17.0. The molecule has 0 saturated heterocycles. The van der Waals surface area contributed by atoms with Gasteiger partial charge in [0.1, 0.15) is 11.6 Å². The molecule has 23 heavy (non-hydrogen) atoms. The fraction of sp³-hybridized carbons (Fsp3) is 0.200. The Bertz CT molecular complexity index is 766. The molecule has 0 aromatic heterocycles. The Hall–Kier alpha value is -2.36. The van der Waals surface area contributed by atoms with Gasteiger partial charge in [0.15, 0.2) is 0 Å². The molecule has 1 heterocycles. The molecule has 8 heteroatoms. The van der Waals surface area contributed by atoms with Crippen LogP contribution in [0.4, 0.5) is 4.79 Å². The van der Waals surface area contributed by atoms with E-state index in [0.717, 1.165) is 0 Å². The normalized spacial score (nSPS) is 17.4. The van der Waals surface area contributed by atoms with Crippen molar-refractivity contribution in [3.8, 4) is 6.07 Å². The summed E-state index contributed by atoms with van der Waals surface area (Å²) < 4.78 is 9.73. The zero-order valence-electron chi connectivity index (χ0n) is 12.3. The van der Waals surface area contributed by atoms with Crippen LogP contribution in [0.5, 0.6) is 0 Å². The number of dihydropyridines is 1. The second-order valence-electron chi connectivity index (χ2n) is 4.69. The first-order valence-corrected chi connectivity index (χ1v) is 7.23. The van der Waals surface area contributed by atoms with Gasteiger partial charge in [-0.2, -0.15) is 5.26 Å². The quantitative estimate of drug-likeness (QED) is 0.790. The predicted molar refractivity (Wildman–Crippen MR) is 85.4 cm³/mol. The number of nitrogens with two attached hydrogens (primary N) is 1. The SMILES string of the molecule is COC(=O)OC1=C(C)NC(N)=C(C#N)C1c1cccc(Cl)c1Cl. The first-order chi connectivity index (χ1) is 10.9. The number of nitrogens with one attached hydrogen (secondary N) is 1. The molecule has 1 aliphatic heterocycles. The number of nitriles is 1. The van der Waals surface area contributed by atoms with E-state index in [2.05, 4.69) is 10.1 Å². The molecule has 0 radical (unpaired) electrons. The summed E-state index contributed by atoms with van der Waals surface area (Å²) in [5.41, 5.74) is 7.02. The minimum absolute atomic E-state index is 0.156. The number of benzene rings is 1. The van der Waals surface area contributed by atoms with Crippen LogP contribution < -0.4 is 11.1 Å². The minimum Gasteiger partial charge on any atom is -0.437 e. The Morgan fingerprint density at radius 2 is 2.13 bits per heavy atom. The zero-order chi connectivity index (χ0) is 17.1. The van der Waals surface area contributed by atoms with E-state index in [4.69, 9.17) is 33.7 Å². The molecule has 3 N–H and O–H groups in total. The molecule has 1 unspecified atom stereocenters. The van der Waals surface area contributed by atoms with Crippen molar-refractivity contribution < 1.29 is 14.3 Å². The van der Waals surface area contributed by atoms with Gasteiger partial charge in [0, 0.05) is 0 Å². The van der Waals surface area contributed by atoms with Gasteiger partial charge in [0.25, 0.3) is 0 Å². The summed E-state index contributed by atoms with van der Waals surface area (Å²) in [5.74, 6) is -0.443. The third-order valence-corrected chi connectivity index (χ3v) is 4.14. The summed E-state index contributed by atoms with van der Waals surface area (Å²) in [6.45, 7) is 1.66. The van der Waals surface area contributed by atoms with E-state index in [-0.39, 0.29) is 22.2 Å². The maximum Gasteiger partial charge on any atom is 0.513 e. The summed E-state index contributed by atoms with van der Waals surface area (Å²) in [6.07, 6.45) is -0.915. The lowest BCUT2D eigenvalue weighted by atomic mass is 9.87. The third-order valence-electron chi connectivity index (χ3n) is 3.31. The standard InChI is InChI=1S/C15H13Cl2N3O3/c1-7-13(23-15(21)22-2)11(9(6-18)14(19)20-7)8-4-3-5-10(16)12(8)17/h3-5,11,20H,19H2,1-2H3. The third kappa shape index (κ3) is 3.21. The maximum atomic E-state index is 11.5. The van der Waals surface area contributed by atoms with Gasteiger partial charge in [0.05, 0.1) is 40.4 Å². The van der Waals surface area contributed by atoms with Crippen molar-refractivity contribution in [2.24, 2.45) is 5.73 Å². The van der Waals surface area contributed by atoms with E-state index in [1.165, 1.54) is 7.11 Å². The van der Waals surface area contributed by atoms with Crippen LogP contribution in [0.2, 0.25) is 10.0 Å². The minimum atomic E-state index is -0.915. The number of halogens is 2. The van der Waals surface area contributed by atoms with Crippen LogP contribution in [0.3, 0.4) is 0 Å². The summed E-state index contributed by atoms with van der Waals surface area (Å²) >= 11 is 12.3. The number of ether oxygens (including phenoxy) is 2. The molecule has 6 nitrogen and oxygen atoms in total. The van der Waals surface area contributed by atoms with Gasteiger partial charge in [-0.3, -0.25) is 0 Å². The zero-order valence-corrected chi connectivity index (χ0v) is 13.8. The smallest absolute Gasteiger partial charge is 0.437 e. The van der Waals surface area contributed by atoms with Crippen molar-refractivity contribution in [2.45, 2.75) is 12.8 Å². The van der Waals surface area contributed by atoms with Crippen LogP contribution >= 0.6 is 23.2 Å². The molecule has 0 saturated carbocycles. The predicted octanol–water partition coefficient (Wildman–Crippen LogP) is 3.39. The van der Waals surface area contributed by atoms with E-state index in [1.807, 2.05) is 6.07 Å². The van der Waals surface area contributed by atoms with E-state index in [1.54, 1.807) is 25.1 Å². The van der Waals surface area contributed by atoms with Crippen molar-refractivity contribution in [1.29, 1.82) is 5.26 Å². The van der Waals surface area contributed by atoms with Crippen molar-refractivity contribution >= 4 is 29.4 Å². The molecule has 0 aliphatic carbocycles. The summed E-state index contributed by atoms with van der Waals surface area (Å²) in [6, 6.07) is 7.00. The Morgan fingerprint density at radius 3 is 2.74 bits per heavy atom. The Morgan fingerprint density at radius 1 is 1.43 bits per heavy atom. The van der Waals surface area contributed by atoms with Crippen LogP contribution in [0.25, 0.3) is 0 Å². The van der Waals surface area contributed by atoms with Gasteiger partial charge in [-0.15, -0.1) is 0 Å². The second kappa shape index (κ2) is 6.82. The fourth-order valence-corrected chi connectivity index (χ4v) is 2.68. The lowest BCUT2D eigenvalue weighted by Gasteiger charge is -2.28. The average molecular weight is 354 g/mol. The molecular weight excluding hydrogens is 341 g/mol. The van der Waals surface area contributed by atoms with Gasteiger partial charge in [-0.1, -0.05) is 35.3 Å². The summed E-state index contributed by atoms with van der Waals surface area (Å²) in [5, 5.41) is 12.8. The van der Waals surface area contributed by atoms with Crippen LogP contribution in [0.15, 0.2) is 41.0 Å². The molecule has 0 spiro atoms. The largest absolute Gasteiger partial charge is 0.513 e. The fourth-order valence-electron chi connectivity index (χ4n) is 2.27. The number of nitrogens with zero attached hydrogens (tertiary/aromatic N) is 1. The van der Waals surface area contributed by atoms with E-state index in [9.17, 15) is 10.1 Å².